The van der Waals surface area contributed by atoms with E-state index in [9.17, 15) is 4.79 Å². The molecule has 0 saturated carbocycles. The third-order valence-electron chi connectivity index (χ3n) is 2.30. The lowest BCUT2D eigenvalue weighted by Crippen LogP contribution is -2.44. The summed E-state index contributed by atoms with van der Waals surface area (Å²) in [7, 11) is 0. The summed E-state index contributed by atoms with van der Waals surface area (Å²) in [6.07, 6.45) is 3.71. The van der Waals surface area contributed by atoms with Crippen molar-refractivity contribution in [2.75, 3.05) is 31.1 Å². The molecule has 15 heavy (non-hydrogen) atoms. The summed E-state index contributed by atoms with van der Waals surface area (Å²) >= 11 is 0. The highest BCUT2D eigenvalue weighted by atomic mass is 16.4. The number of aromatic carboxylic acids is 1. The summed E-state index contributed by atoms with van der Waals surface area (Å²) in [6.45, 7) is 3.18. The predicted molar refractivity (Wildman–Crippen MR) is 52.9 cm³/mol. The third kappa shape index (κ3) is 2.04. The second-order valence-electron chi connectivity index (χ2n) is 3.25. The number of carbonyl (C=O) groups is 1. The third-order valence-corrected chi connectivity index (χ3v) is 2.30. The Morgan fingerprint density at radius 1 is 1.53 bits per heavy atom. The van der Waals surface area contributed by atoms with Crippen LogP contribution in [-0.2, 0) is 0 Å². The Morgan fingerprint density at radius 3 is 2.93 bits per heavy atom. The standard InChI is InChI=1S/C9H11N4O2/c14-9(15)7-5-11-6-12-8(7)13-3-1-10-2-4-13/h5,10H,1-4H2,(H,14,15). The van der Waals surface area contributed by atoms with Crippen molar-refractivity contribution in [1.29, 1.82) is 0 Å². The molecule has 1 aliphatic rings. The Balaban J connectivity index is 2.29. The average Bonchev–Trinajstić information content (AvgIpc) is 2.30. The Labute approximate surface area is 87.0 Å². The normalized spacial score (nSPS) is 16.4. The fraction of sp³-hybridized carbons (Fsp3) is 0.444. The van der Waals surface area contributed by atoms with Crippen LogP contribution < -0.4 is 10.2 Å². The van der Waals surface area contributed by atoms with Crippen molar-refractivity contribution >= 4 is 11.8 Å². The lowest BCUT2D eigenvalue weighted by atomic mass is 10.2. The molecule has 2 N–H and O–H groups in total. The lowest BCUT2D eigenvalue weighted by Gasteiger charge is -2.28. The molecule has 0 bridgehead atoms. The van der Waals surface area contributed by atoms with Crippen LogP contribution in [0.15, 0.2) is 6.20 Å². The van der Waals surface area contributed by atoms with Gasteiger partial charge in [0.05, 0.1) is 0 Å². The van der Waals surface area contributed by atoms with Gasteiger partial charge in [-0.1, -0.05) is 0 Å². The highest BCUT2D eigenvalue weighted by Crippen LogP contribution is 2.15. The first-order valence-electron chi connectivity index (χ1n) is 4.71. The van der Waals surface area contributed by atoms with Crippen LogP contribution in [0.25, 0.3) is 0 Å². The van der Waals surface area contributed by atoms with Crippen LogP contribution >= 0.6 is 0 Å². The summed E-state index contributed by atoms with van der Waals surface area (Å²) in [5.74, 6) is -0.545. The fourth-order valence-electron chi connectivity index (χ4n) is 1.56. The molecule has 0 aromatic carbocycles. The van der Waals surface area contributed by atoms with Crippen molar-refractivity contribution in [3.05, 3.63) is 18.1 Å². The van der Waals surface area contributed by atoms with E-state index in [-0.39, 0.29) is 5.56 Å². The molecule has 0 aliphatic carbocycles. The molecule has 6 nitrogen and oxygen atoms in total. The number of anilines is 1. The smallest absolute Gasteiger partial charge is 0.341 e. The Morgan fingerprint density at radius 2 is 2.27 bits per heavy atom. The molecular formula is C9H11N4O2. The minimum Gasteiger partial charge on any atom is -0.477 e. The van der Waals surface area contributed by atoms with E-state index in [2.05, 4.69) is 21.6 Å². The maximum absolute atomic E-state index is 10.9. The largest absolute Gasteiger partial charge is 0.477 e. The SMILES string of the molecule is O=C(O)c1cn[c]nc1N1CCNCC1. The zero-order chi connectivity index (χ0) is 10.7. The van der Waals surface area contributed by atoms with Crippen LogP contribution in [0.5, 0.6) is 0 Å². The van der Waals surface area contributed by atoms with E-state index < -0.39 is 5.97 Å². The van der Waals surface area contributed by atoms with Crippen molar-refractivity contribution in [3.8, 4) is 0 Å². The van der Waals surface area contributed by atoms with Crippen LogP contribution in [0.2, 0.25) is 0 Å². The number of piperazine rings is 1. The van der Waals surface area contributed by atoms with E-state index in [0.717, 1.165) is 26.2 Å². The molecule has 2 heterocycles. The summed E-state index contributed by atoms with van der Waals surface area (Å²) in [5, 5.41) is 12.2. The van der Waals surface area contributed by atoms with Gasteiger partial charge < -0.3 is 15.3 Å². The van der Waals surface area contributed by atoms with Crippen LogP contribution in [0.4, 0.5) is 5.82 Å². The molecule has 0 atom stereocenters. The van der Waals surface area contributed by atoms with Gasteiger partial charge in [-0.2, -0.15) is 0 Å². The number of nitrogens with one attached hydrogen (secondary N) is 1. The monoisotopic (exact) mass is 207 g/mol. The van der Waals surface area contributed by atoms with Crippen LogP contribution in [-0.4, -0.2) is 47.2 Å². The van der Waals surface area contributed by atoms with Crippen molar-refractivity contribution in [2.24, 2.45) is 0 Å². The average molecular weight is 207 g/mol. The molecule has 6 heteroatoms. The molecule has 0 spiro atoms. The van der Waals surface area contributed by atoms with E-state index >= 15 is 0 Å². The number of hydrogen-bond acceptors (Lipinski definition) is 5. The van der Waals surface area contributed by atoms with Gasteiger partial charge in [0, 0.05) is 32.4 Å². The molecule has 1 fully saturated rings. The van der Waals surface area contributed by atoms with Gasteiger partial charge >= 0.3 is 5.97 Å². The van der Waals surface area contributed by atoms with Crippen molar-refractivity contribution < 1.29 is 9.90 Å². The fourth-order valence-corrected chi connectivity index (χ4v) is 1.56. The number of hydrogen-bond donors (Lipinski definition) is 2. The van der Waals surface area contributed by atoms with E-state index in [4.69, 9.17) is 5.11 Å². The number of aromatic nitrogens is 2. The van der Waals surface area contributed by atoms with Crippen molar-refractivity contribution in [2.45, 2.75) is 0 Å². The number of carboxylic acids is 1. The maximum atomic E-state index is 10.9. The van der Waals surface area contributed by atoms with Crippen LogP contribution in [0, 0.1) is 6.33 Å². The quantitative estimate of drug-likeness (QED) is 0.673. The lowest BCUT2D eigenvalue weighted by molar-refractivity contribution is 0.0696. The summed E-state index contributed by atoms with van der Waals surface area (Å²) < 4.78 is 0. The first-order chi connectivity index (χ1) is 7.29. The van der Waals surface area contributed by atoms with Gasteiger partial charge in [0.15, 0.2) is 6.33 Å². The minimum absolute atomic E-state index is 0.135. The molecule has 1 aromatic rings. The first-order valence-corrected chi connectivity index (χ1v) is 4.71. The van der Waals surface area contributed by atoms with Crippen LogP contribution in [0.1, 0.15) is 10.4 Å². The molecule has 2 rings (SSSR count). The topological polar surface area (TPSA) is 78.3 Å². The van der Waals surface area contributed by atoms with E-state index in [1.165, 1.54) is 6.20 Å². The van der Waals surface area contributed by atoms with Crippen molar-refractivity contribution in [3.63, 3.8) is 0 Å². The molecule has 0 unspecified atom stereocenters. The van der Waals surface area contributed by atoms with Crippen molar-refractivity contribution in [1.82, 2.24) is 15.3 Å². The molecule has 1 aliphatic heterocycles. The number of carboxylic acid groups (broad SMARTS) is 1. The minimum atomic E-state index is -1.00. The van der Waals surface area contributed by atoms with Gasteiger partial charge in [-0.3, -0.25) is 0 Å². The van der Waals surface area contributed by atoms with E-state index in [1.807, 2.05) is 4.90 Å². The first kappa shape index (κ1) is 9.85. The molecule has 1 saturated heterocycles. The highest BCUT2D eigenvalue weighted by molar-refractivity contribution is 5.92. The Bertz CT molecular complexity index is 363. The Kier molecular flexibility index (Phi) is 2.77. The molecule has 1 radical (unpaired) electrons. The summed E-state index contributed by atoms with van der Waals surface area (Å²) in [4.78, 5) is 20.4. The van der Waals surface area contributed by atoms with E-state index in [1.54, 1.807) is 0 Å². The van der Waals surface area contributed by atoms with Gasteiger partial charge in [-0.15, -0.1) is 0 Å². The molecule has 79 valence electrons. The maximum Gasteiger partial charge on any atom is 0.341 e. The zero-order valence-corrected chi connectivity index (χ0v) is 8.10. The number of nitrogens with zero attached hydrogens (tertiary/aromatic N) is 3. The summed E-state index contributed by atoms with van der Waals surface area (Å²) in [6, 6.07) is 0. The molecule has 1 aromatic heterocycles. The van der Waals surface area contributed by atoms with Gasteiger partial charge in [-0.05, 0) is 0 Å². The second-order valence-corrected chi connectivity index (χ2v) is 3.25. The van der Waals surface area contributed by atoms with Gasteiger partial charge in [0.1, 0.15) is 11.4 Å². The summed E-state index contributed by atoms with van der Waals surface area (Å²) in [5.41, 5.74) is 0.135. The van der Waals surface area contributed by atoms with Crippen LogP contribution in [0.3, 0.4) is 0 Å². The Hall–Kier alpha value is -1.69. The molecule has 0 amide bonds. The zero-order valence-electron chi connectivity index (χ0n) is 8.10. The predicted octanol–water partition coefficient (Wildman–Crippen LogP) is -0.615. The van der Waals surface area contributed by atoms with Gasteiger partial charge in [-0.25, -0.2) is 14.8 Å². The second kappa shape index (κ2) is 4.22. The van der Waals surface area contributed by atoms with E-state index in [0.29, 0.717) is 5.82 Å². The van der Waals surface area contributed by atoms with Gasteiger partial charge in [0.2, 0.25) is 0 Å². The molecular weight excluding hydrogens is 196 g/mol. The highest BCUT2D eigenvalue weighted by Gasteiger charge is 2.19. The number of rotatable bonds is 2. The van der Waals surface area contributed by atoms with Gasteiger partial charge in [0.25, 0.3) is 0 Å².